The highest BCUT2D eigenvalue weighted by Crippen LogP contribution is 2.35. The maximum atomic E-state index is 13.1. The average Bonchev–Trinajstić information content (AvgIpc) is 2.60. The fraction of sp³-hybridized carbons (Fsp3) is 0.125. The van der Waals surface area contributed by atoms with E-state index in [-0.39, 0.29) is 11.6 Å². The van der Waals surface area contributed by atoms with Gasteiger partial charge >= 0.3 is 6.18 Å². The number of anilines is 2. The van der Waals surface area contributed by atoms with Gasteiger partial charge in [0.05, 0.1) is 21.5 Å². The van der Waals surface area contributed by atoms with Crippen molar-refractivity contribution < 1.29 is 21.6 Å². The molecule has 1 aromatic heterocycles. The van der Waals surface area contributed by atoms with E-state index in [9.17, 15) is 21.6 Å². The Hall–Kier alpha value is -2.88. The molecule has 2 aromatic carbocycles. The maximum Gasteiger partial charge on any atom is 0.417 e. The predicted molar refractivity (Wildman–Crippen MR) is 91.3 cm³/mol. The first-order chi connectivity index (χ1) is 12.2. The maximum absolute atomic E-state index is 13.1. The molecule has 0 unspecified atom stereocenters. The van der Waals surface area contributed by atoms with Gasteiger partial charge in [0.25, 0.3) is 10.0 Å². The molecule has 0 bridgehead atoms. The topological polar surface area (TPSA) is 84.0 Å². The van der Waals surface area contributed by atoms with Gasteiger partial charge in [0, 0.05) is 7.05 Å². The molecule has 136 valence electrons. The quantitative estimate of drug-likeness (QED) is 0.722. The van der Waals surface area contributed by atoms with Crippen LogP contribution in [0.15, 0.2) is 53.4 Å². The van der Waals surface area contributed by atoms with Gasteiger partial charge in [0.2, 0.25) is 0 Å². The van der Waals surface area contributed by atoms with Crippen LogP contribution in [-0.2, 0) is 16.2 Å². The molecule has 10 heteroatoms. The minimum Gasteiger partial charge on any atom is -0.370 e. The Balaban J connectivity index is 2.10. The summed E-state index contributed by atoms with van der Waals surface area (Å²) in [5.74, 6) is -0.0973. The minimum absolute atomic E-state index is 0.0942. The van der Waals surface area contributed by atoms with E-state index in [1.807, 2.05) is 0 Å². The number of rotatable bonds is 4. The summed E-state index contributed by atoms with van der Waals surface area (Å²) in [4.78, 5) is 7.49. The lowest BCUT2D eigenvalue weighted by Gasteiger charge is -2.15. The van der Waals surface area contributed by atoms with Crippen molar-refractivity contribution in [2.75, 3.05) is 17.1 Å². The second-order valence-electron chi connectivity index (χ2n) is 5.26. The van der Waals surface area contributed by atoms with Crippen LogP contribution in [0.2, 0.25) is 0 Å². The zero-order chi connectivity index (χ0) is 18.9. The zero-order valence-corrected chi connectivity index (χ0v) is 14.2. The predicted octanol–water partition coefficient (Wildman–Crippen LogP) is 3.49. The van der Waals surface area contributed by atoms with Crippen LogP contribution in [0.25, 0.3) is 11.0 Å². The molecule has 3 aromatic rings. The highest BCUT2D eigenvalue weighted by atomic mass is 32.2. The van der Waals surface area contributed by atoms with Crippen molar-refractivity contribution in [2.45, 2.75) is 11.1 Å². The van der Waals surface area contributed by atoms with Gasteiger partial charge in [-0.25, -0.2) is 18.4 Å². The molecular formula is C16H13F3N4O2S. The number of halogens is 3. The highest BCUT2D eigenvalue weighted by molar-refractivity contribution is 7.92. The first-order valence-corrected chi connectivity index (χ1v) is 8.84. The van der Waals surface area contributed by atoms with Crippen LogP contribution >= 0.6 is 0 Å². The van der Waals surface area contributed by atoms with E-state index in [2.05, 4.69) is 20.0 Å². The largest absolute Gasteiger partial charge is 0.417 e. The van der Waals surface area contributed by atoms with Crippen LogP contribution in [0.1, 0.15) is 5.56 Å². The molecular weight excluding hydrogens is 369 g/mol. The summed E-state index contributed by atoms with van der Waals surface area (Å²) in [6, 6.07) is 10.7. The van der Waals surface area contributed by atoms with Crippen LogP contribution in [0.4, 0.5) is 24.8 Å². The summed E-state index contributed by atoms with van der Waals surface area (Å²) in [6.45, 7) is 0. The fourth-order valence-corrected chi connectivity index (χ4v) is 3.60. The fourth-order valence-electron chi connectivity index (χ4n) is 2.36. The summed E-state index contributed by atoms with van der Waals surface area (Å²) in [5.41, 5.74) is -0.351. The third-order valence-electron chi connectivity index (χ3n) is 3.52. The van der Waals surface area contributed by atoms with E-state index in [0.29, 0.717) is 17.1 Å². The minimum atomic E-state index is -4.81. The van der Waals surface area contributed by atoms with Crippen molar-refractivity contribution in [3.05, 3.63) is 54.1 Å². The van der Waals surface area contributed by atoms with Gasteiger partial charge in [-0.05, 0) is 24.3 Å². The third-order valence-corrected chi connectivity index (χ3v) is 4.92. The molecule has 0 amide bonds. The van der Waals surface area contributed by atoms with E-state index in [0.717, 1.165) is 12.1 Å². The normalized spacial score (nSPS) is 12.2. The number of sulfonamides is 1. The van der Waals surface area contributed by atoms with Gasteiger partial charge in [-0.2, -0.15) is 13.2 Å². The number of nitrogens with one attached hydrogen (secondary N) is 2. The van der Waals surface area contributed by atoms with Crippen LogP contribution in [0.3, 0.4) is 0 Å². The summed E-state index contributed by atoms with van der Waals surface area (Å²) in [6.07, 6.45) is -4.81. The molecule has 0 aliphatic heterocycles. The Morgan fingerprint density at radius 1 is 0.885 bits per heavy atom. The van der Waals surface area contributed by atoms with Gasteiger partial charge in [-0.15, -0.1) is 0 Å². The number of aromatic nitrogens is 2. The van der Waals surface area contributed by atoms with Gasteiger partial charge in [-0.1, -0.05) is 24.3 Å². The van der Waals surface area contributed by atoms with E-state index < -0.39 is 26.7 Å². The van der Waals surface area contributed by atoms with Crippen molar-refractivity contribution in [1.82, 2.24) is 9.97 Å². The molecule has 3 rings (SSSR count). The molecule has 2 N–H and O–H groups in total. The number of alkyl halides is 3. The van der Waals surface area contributed by atoms with Gasteiger partial charge in [0.1, 0.15) is 0 Å². The monoisotopic (exact) mass is 382 g/mol. The lowest BCUT2D eigenvalue weighted by Crippen LogP contribution is -2.20. The lowest BCUT2D eigenvalue weighted by atomic mass is 10.2. The van der Waals surface area contributed by atoms with E-state index in [1.54, 1.807) is 24.3 Å². The van der Waals surface area contributed by atoms with Crippen molar-refractivity contribution >= 4 is 32.7 Å². The molecule has 1 heterocycles. The van der Waals surface area contributed by atoms with Crippen LogP contribution < -0.4 is 10.0 Å². The van der Waals surface area contributed by atoms with Crippen molar-refractivity contribution in [3.63, 3.8) is 0 Å². The molecule has 0 saturated heterocycles. The number of hydrogen-bond acceptors (Lipinski definition) is 5. The molecule has 26 heavy (non-hydrogen) atoms. The van der Waals surface area contributed by atoms with Crippen molar-refractivity contribution in [2.24, 2.45) is 0 Å². The van der Waals surface area contributed by atoms with Crippen molar-refractivity contribution in [3.8, 4) is 0 Å². The Morgan fingerprint density at radius 2 is 1.42 bits per heavy atom. The summed E-state index contributed by atoms with van der Waals surface area (Å²) in [5, 5.41) is 2.68. The molecule has 0 aliphatic rings. The molecule has 0 radical (unpaired) electrons. The molecule has 0 atom stereocenters. The van der Waals surface area contributed by atoms with E-state index in [4.69, 9.17) is 0 Å². The van der Waals surface area contributed by atoms with Crippen LogP contribution in [0.5, 0.6) is 0 Å². The van der Waals surface area contributed by atoms with Crippen LogP contribution in [0, 0.1) is 0 Å². The number of benzene rings is 2. The number of para-hydroxylation sites is 2. The Kier molecular flexibility index (Phi) is 4.45. The third kappa shape index (κ3) is 3.40. The lowest BCUT2D eigenvalue weighted by molar-refractivity contribution is -0.139. The SMILES string of the molecule is CNc1nc2ccccc2nc1NS(=O)(=O)c1ccccc1C(F)(F)F. The van der Waals surface area contributed by atoms with Gasteiger partial charge < -0.3 is 5.32 Å². The number of hydrogen-bond donors (Lipinski definition) is 2. The zero-order valence-electron chi connectivity index (χ0n) is 13.4. The summed E-state index contributed by atoms with van der Waals surface area (Å²) < 4.78 is 66.6. The Labute approximate surface area is 147 Å². The Morgan fingerprint density at radius 3 is 2.00 bits per heavy atom. The molecule has 0 fully saturated rings. The molecule has 6 nitrogen and oxygen atoms in total. The van der Waals surface area contributed by atoms with Gasteiger partial charge in [-0.3, -0.25) is 4.72 Å². The first-order valence-electron chi connectivity index (χ1n) is 7.36. The van der Waals surface area contributed by atoms with Gasteiger partial charge in [0.15, 0.2) is 11.6 Å². The summed E-state index contributed by atoms with van der Waals surface area (Å²) in [7, 11) is -3.04. The highest BCUT2D eigenvalue weighted by Gasteiger charge is 2.37. The number of fused-ring (bicyclic) bond motifs is 1. The second kappa shape index (κ2) is 6.45. The molecule has 0 saturated carbocycles. The molecule has 0 spiro atoms. The van der Waals surface area contributed by atoms with E-state index >= 15 is 0 Å². The smallest absolute Gasteiger partial charge is 0.370 e. The van der Waals surface area contributed by atoms with Crippen LogP contribution in [-0.4, -0.2) is 25.4 Å². The second-order valence-corrected chi connectivity index (χ2v) is 6.91. The molecule has 0 aliphatic carbocycles. The average molecular weight is 382 g/mol. The standard InChI is InChI=1S/C16H13F3N4O2S/c1-20-14-15(22-12-8-4-3-7-11(12)21-14)23-26(24,25)13-9-5-2-6-10(13)16(17,18)19/h2-9H,1H3,(H,20,21)(H,22,23). The first kappa shape index (κ1) is 17.9. The summed E-state index contributed by atoms with van der Waals surface area (Å²) >= 11 is 0. The number of nitrogens with zero attached hydrogens (tertiary/aromatic N) is 2. The van der Waals surface area contributed by atoms with Crippen molar-refractivity contribution in [1.29, 1.82) is 0 Å². The van der Waals surface area contributed by atoms with E-state index in [1.165, 1.54) is 13.1 Å². The Bertz CT molecular complexity index is 1070.